The van der Waals surface area contributed by atoms with Crippen molar-refractivity contribution >= 4 is 24.0 Å². The molecule has 2 aromatic rings. The summed E-state index contributed by atoms with van der Waals surface area (Å²) in [6.45, 7) is 9.46. The smallest absolute Gasteiger partial charge is 0.119 e. The van der Waals surface area contributed by atoms with Gasteiger partial charge < -0.3 is 4.74 Å². The van der Waals surface area contributed by atoms with Gasteiger partial charge in [-0.15, -0.1) is 0 Å². The van der Waals surface area contributed by atoms with E-state index < -0.39 is 8.07 Å². The molecule has 0 amide bonds. The average Bonchev–Trinajstić information content (AvgIpc) is 2.47. The molecule has 0 saturated heterocycles. The Morgan fingerprint density at radius 2 is 1.43 bits per heavy atom. The summed E-state index contributed by atoms with van der Waals surface area (Å²) in [5.41, 5.74) is 2.44. The summed E-state index contributed by atoms with van der Waals surface area (Å²) in [5.74, 6) is 0.964. The highest BCUT2D eigenvalue weighted by Gasteiger charge is 2.13. The Kier molecular flexibility index (Phi) is 6.48. The van der Waals surface area contributed by atoms with E-state index in [2.05, 4.69) is 91.0 Å². The van der Waals surface area contributed by atoms with Crippen LogP contribution in [-0.2, 0) is 0 Å². The Bertz CT molecular complexity index is 599. The van der Waals surface area contributed by atoms with E-state index in [0.717, 1.165) is 16.6 Å². The van der Waals surface area contributed by atoms with Crippen LogP contribution in [0.1, 0.15) is 19.8 Å². The van der Waals surface area contributed by atoms with E-state index in [1.165, 1.54) is 23.6 Å². The van der Waals surface area contributed by atoms with Crippen molar-refractivity contribution in [3.63, 3.8) is 0 Å². The van der Waals surface area contributed by atoms with Gasteiger partial charge in [-0.2, -0.15) is 0 Å². The van der Waals surface area contributed by atoms with Crippen molar-refractivity contribution in [2.24, 2.45) is 0 Å². The molecule has 23 heavy (non-hydrogen) atoms. The topological polar surface area (TPSA) is 9.23 Å². The Labute approximate surface area is 150 Å². The van der Waals surface area contributed by atoms with Gasteiger partial charge in [0.15, 0.2) is 0 Å². The molecule has 0 aliphatic carbocycles. The first-order chi connectivity index (χ1) is 10.8. The third-order valence-electron chi connectivity index (χ3n) is 3.91. The fraction of sp³-hybridized carbons (Fsp3) is 0.400. The van der Waals surface area contributed by atoms with Crippen LogP contribution < -0.4 is 4.74 Å². The lowest BCUT2D eigenvalue weighted by Crippen LogP contribution is -2.20. The summed E-state index contributed by atoms with van der Waals surface area (Å²) in [5, 5.41) is 0. The standard InChI is InChI=1S/C20H27BrOSi/c1-16(6-5-15-23(2,3)4)22-20-13-9-18(10-14-20)17-7-11-19(21)12-8-17/h7-14,16H,5-6,15H2,1-4H3. The monoisotopic (exact) mass is 390 g/mol. The SMILES string of the molecule is CC(CCC[Si](C)(C)C)Oc1ccc(-c2ccc(Br)cc2)cc1. The molecule has 0 saturated carbocycles. The van der Waals surface area contributed by atoms with Crippen LogP contribution in [0.3, 0.4) is 0 Å². The number of halogens is 1. The maximum atomic E-state index is 6.05. The molecule has 0 aliphatic rings. The minimum atomic E-state index is -0.924. The zero-order valence-corrected chi connectivity index (χ0v) is 17.2. The minimum absolute atomic E-state index is 0.282. The molecule has 1 atom stereocenters. The van der Waals surface area contributed by atoms with Crippen LogP contribution in [0.15, 0.2) is 53.0 Å². The molecule has 1 nitrogen and oxygen atoms in total. The van der Waals surface area contributed by atoms with E-state index in [-0.39, 0.29) is 6.10 Å². The summed E-state index contributed by atoms with van der Waals surface area (Å²) < 4.78 is 7.15. The van der Waals surface area contributed by atoms with Crippen molar-refractivity contribution in [2.45, 2.75) is 51.6 Å². The summed E-state index contributed by atoms with van der Waals surface area (Å²) in [6, 6.07) is 18.2. The van der Waals surface area contributed by atoms with Gasteiger partial charge in [0, 0.05) is 12.5 Å². The highest BCUT2D eigenvalue weighted by atomic mass is 79.9. The Hall–Kier alpha value is -1.06. The van der Waals surface area contributed by atoms with Gasteiger partial charge in [0.1, 0.15) is 5.75 Å². The van der Waals surface area contributed by atoms with Crippen molar-refractivity contribution in [1.82, 2.24) is 0 Å². The van der Waals surface area contributed by atoms with Gasteiger partial charge in [0.2, 0.25) is 0 Å². The molecular formula is C20H27BrOSi. The van der Waals surface area contributed by atoms with E-state index in [4.69, 9.17) is 4.74 Å². The van der Waals surface area contributed by atoms with Gasteiger partial charge >= 0.3 is 0 Å². The molecule has 0 aromatic heterocycles. The number of ether oxygens (including phenoxy) is 1. The second-order valence-electron chi connectivity index (χ2n) is 7.41. The Morgan fingerprint density at radius 1 is 0.913 bits per heavy atom. The van der Waals surface area contributed by atoms with Crippen LogP contribution in [0.25, 0.3) is 11.1 Å². The van der Waals surface area contributed by atoms with Gasteiger partial charge in [-0.05, 0) is 48.7 Å². The Morgan fingerprint density at radius 3 is 1.96 bits per heavy atom. The molecule has 0 fully saturated rings. The minimum Gasteiger partial charge on any atom is -0.491 e. The van der Waals surface area contributed by atoms with Gasteiger partial charge in [-0.3, -0.25) is 0 Å². The van der Waals surface area contributed by atoms with E-state index >= 15 is 0 Å². The van der Waals surface area contributed by atoms with Crippen molar-refractivity contribution in [3.8, 4) is 16.9 Å². The van der Waals surface area contributed by atoms with Crippen LogP contribution in [0.5, 0.6) is 5.75 Å². The van der Waals surface area contributed by atoms with Gasteiger partial charge in [0.25, 0.3) is 0 Å². The molecule has 0 spiro atoms. The van der Waals surface area contributed by atoms with Crippen LogP contribution in [0.2, 0.25) is 25.7 Å². The van der Waals surface area contributed by atoms with Crippen molar-refractivity contribution in [2.75, 3.05) is 0 Å². The number of hydrogen-bond donors (Lipinski definition) is 0. The molecule has 2 rings (SSSR count). The molecule has 3 heteroatoms. The first-order valence-corrected chi connectivity index (χ1v) is 12.9. The molecule has 0 N–H and O–H groups in total. The lowest BCUT2D eigenvalue weighted by Gasteiger charge is -2.18. The molecular weight excluding hydrogens is 364 g/mol. The van der Waals surface area contributed by atoms with Gasteiger partial charge in [0.05, 0.1) is 6.10 Å². The zero-order valence-electron chi connectivity index (χ0n) is 14.6. The molecule has 0 heterocycles. The first-order valence-electron chi connectivity index (χ1n) is 8.36. The summed E-state index contributed by atoms with van der Waals surface area (Å²) in [6.07, 6.45) is 2.69. The zero-order chi connectivity index (χ0) is 16.9. The third-order valence-corrected chi connectivity index (χ3v) is 6.29. The van der Waals surface area contributed by atoms with Crippen molar-refractivity contribution in [3.05, 3.63) is 53.0 Å². The number of benzene rings is 2. The molecule has 1 unspecified atom stereocenters. The largest absolute Gasteiger partial charge is 0.491 e. The molecule has 124 valence electrons. The van der Waals surface area contributed by atoms with Gasteiger partial charge in [-0.1, -0.05) is 72.3 Å². The maximum Gasteiger partial charge on any atom is 0.119 e. The van der Waals surface area contributed by atoms with Crippen LogP contribution in [0.4, 0.5) is 0 Å². The highest BCUT2D eigenvalue weighted by Crippen LogP contribution is 2.25. The number of rotatable bonds is 7. The fourth-order valence-electron chi connectivity index (χ4n) is 2.58. The lowest BCUT2D eigenvalue weighted by molar-refractivity contribution is 0.210. The van der Waals surface area contributed by atoms with Crippen LogP contribution >= 0.6 is 15.9 Å². The highest BCUT2D eigenvalue weighted by molar-refractivity contribution is 9.10. The molecule has 0 radical (unpaired) electrons. The predicted molar refractivity (Wildman–Crippen MR) is 107 cm³/mol. The third kappa shape index (κ3) is 6.52. The Balaban J connectivity index is 1.88. The molecule has 0 aliphatic heterocycles. The summed E-state index contributed by atoms with van der Waals surface area (Å²) in [7, 11) is -0.924. The van der Waals surface area contributed by atoms with Crippen molar-refractivity contribution in [1.29, 1.82) is 0 Å². The normalized spacial score (nSPS) is 12.9. The van der Waals surface area contributed by atoms with E-state index in [0.29, 0.717) is 0 Å². The fourth-order valence-corrected chi connectivity index (χ4v) is 4.11. The maximum absolute atomic E-state index is 6.05. The molecule has 0 bridgehead atoms. The average molecular weight is 391 g/mol. The first kappa shape index (κ1) is 18.3. The lowest BCUT2D eigenvalue weighted by atomic mass is 10.1. The van der Waals surface area contributed by atoms with E-state index in [1.54, 1.807) is 0 Å². The quantitative estimate of drug-likeness (QED) is 0.462. The van der Waals surface area contributed by atoms with Crippen LogP contribution in [0, 0.1) is 0 Å². The second-order valence-corrected chi connectivity index (χ2v) is 13.9. The van der Waals surface area contributed by atoms with E-state index in [1.807, 2.05) is 0 Å². The van der Waals surface area contributed by atoms with E-state index in [9.17, 15) is 0 Å². The summed E-state index contributed by atoms with van der Waals surface area (Å²) >= 11 is 3.47. The van der Waals surface area contributed by atoms with Crippen LogP contribution in [-0.4, -0.2) is 14.2 Å². The second kappa shape index (κ2) is 8.16. The van der Waals surface area contributed by atoms with Crippen molar-refractivity contribution < 1.29 is 4.74 Å². The number of hydrogen-bond acceptors (Lipinski definition) is 1. The van der Waals surface area contributed by atoms with Gasteiger partial charge in [-0.25, -0.2) is 0 Å². The molecule has 2 aromatic carbocycles. The predicted octanol–water partition coefficient (Wildman–Crippen LogP) is 7.00. The summed E-state index contributed by atoms with van der Waals surface area (Å²) in [4.78, 5) is 0.